The van der Waals surface area contributed by atoms with Gasteiger partial charge in [0.2, 0.25) is 5.88 Å². The van der Waals surface area contributed by atoms with Gasteiger partial charge in [-0.15, -0.1) is 0 Å². The maximum atomic E-state index is 8.92. The molecule has 0 fully saturated rings. The summed E-state index contributed by atoms with van der Waals surface area (Å²) in [6.45, 7) is 1.94. The number of rotatable bonds is 3. The molecule has 3 N–H and O–H groups in total. The quantitative estimate of drug-likeness (QED) is 0.879. The maximum Gasteiger partial charge on any atom is 0.215 e. The lowest BCUT2D eigenvalue weighted by Crippen LogP contribution is -2.02. The van der Waals surface area contributed by atoms with E-state index in [0.29, 0.717) is 22.9 Å². The molecule has 1 aromatic carbocycles. The molecule has 0 amide bonds. The molecule has 2 aromatic rings. The van der Waals surface area contributed by atoms with E-state index in [2.05, 4.69) is 16.4 Å². The smallest absolute Gasteiger partial charge is 0.215 e. The van der Waals surface area contributed by atoms with Gasteiger partial charge < -0.3 is 15.8 Å². The molecule has 1 heterocycles. The van der Waals surface area contributed by atoms with E-state index in [1.807, 2.05) is 13.0 Å². The van der Waals surface area contributed by atoms with Gasteiger partial charge in [-0.1, -0.05) is 6.07 Å². The van der Waals surface area contributed by atoms with Crippen LogP contribution < -0.4 is 15.8 Å². The Morgan fingerprint density at radius 3 is 2.79 bits per heavy atom. The van der Waals surface area contributed by atoms with Gasteiger partial charge in [0.25, 0.3) is 0 Å². The lowest BCUT2D eigenvalue weighted by Gasteiger charge is -2.12. The van der Waals surface area contributed by atoms with Crippen LogP contribution in [-0.4, -0.2) is 12.1 Å². The number of aromatic nitrogens is 1. The maximum absolute atomic E-state index is 8.92. The molecule has 5 nitrogen and oxygen atoms in total. The van der Waals surface area contributed by atoms with Crippen molar-refractivity contribution in [1.82, 2.24) is 4.98 Å². The molecule has 5 heteroatoms. The summed E-state index contributed by atoms with van der Waals surface area (Å²) >= 11 is 0. The standard InChI is InChI=1S/C14H14N4O/c1-9-3-4-10(8-15)7-12(9)17-14-11(16)5-6-13(18-14)19-2/h3-7H,16H2,1-2H3,(H,17,18). The fourth-order valence-corrected chi connectivity index (χ4v) is 1.62. The van der Waals surface area contributed by atoms with Crippen LogP contribution in [0.3, 0.4) is 0 Å². The molecular formula is C14H14N4O. The molecule has 2 rings (SSSR count). The minimum Gasteiger partial charge on any atom is -0.481 e. The first kappa shape index (κ1) is 12.7. The van der Waals surface area contributed by atoms with Gasteiger partial charge in [0.1, 0.15) is 0 Å². The van der Waals surface area contributed by atoms with E-state index in [1.165, 1.54) is 0 Å². The van der Waals surface area contributed by atoms with Crippen molar-refractivity contribution in [1.29, 1.82) is 5.26 Å². The first-order chi connectivity index (χ1) is 9.13. The summed E-state index contributed by atoms with van der Waals surface area (Å²) in [5.41, 5.74) is 8.76. The SMILES string of the molecule is COc1ccc(N)c(Nc2cc(C#N)ccc2C)n1. The van der Waals surface area contributed by atoms with Crippen molar-refractivity contribution in [2.24, 2.45) is 0 Å². The zero-order valence-electron chi connectivity index (χ0n) is 10.8. The molecule has 0 bridgehead atoms. The number of nitrogens with zero attached hydrogens (tertiary/aromatic N) is 2. The number of benzene rings is 1. The predicted octanol–water partition coefficient (Wildman–Crippen LogP) is 2.60. The van der Waals surface area contributed by atoms with E-state index < -0.39 is 0 Å². The van der Waals surface area contributed by atoms with Gasteiger partial charge in [0.15, 0.2) is 5.82 Å². The van der Waals surface area contributed by atoms with Crippen LogP contribution in [-0.2, 0) is 0 Å². The molecule has 0 aliphatic rings. The third-order valence-corrected chi connectivity index (χ3v) is 2.73. The number of ether oxygens (including phenoxy) is 1. The van der Waals surface area contributed by atoms with Crippen LogP contribution in [0.1, 0.15) is 11.1 Å². The molecular weight excluding hydrogens is 240 g/mol. The van der Waals surface area contributed by atoms with Crippen molar-refractivity contribution in [2.45, 2.75) is 6.92 Å². The molecule has 0 unspecified atom stereocenters. The third-order valence-electron chi connectivity index (χ3n) is 2.73. The Hall–Kier alpha value is -2.74. The van der Waals surface area contributed by atoms with Crippen LogP contribution in [0.5, 0.6) is 5.88 Å². The third kappa shape index (κ3) is 2.75. The first-order valence-electron chi connectivity index (χ1n) is 5.72. The van der Waals surface area contributed by atoms with Crippen LogP contribution in [0.2, 0.25) is 0 Å². The van der Waals surface area contributed by atoms with Crippen LogP contribution >= 0.6 is 0 Å². The van der Waals surface area contributed by atoms with E-state index >= 15 is 0 Å². The van der Waals surface area contributed by atoms with Gasteiger partial charge in [-0.3, -0.25) is 0 Å². The zero-order chi connectivity index (χ0) is 13.8. The summed E-state index contributed by atoms with van der Waals surface area (Å²) in [4.78, 5) is 4.24. The number of nitrogen functional groups attached to an aromatic ring is 1. The van der Waals surface area contributed by atoms with Crippen molar-refractivity contribution in [3.8, 4) is 11.9 Å². The van der Waals surface area contributed by atoms with Crippen molar-refractivity contribution < 1.29 is 4.74 Å². The van der Waals surface area contributed by atoms with Gasteiger partial charge in [-0.05, 0) is 30.7 Å². The van der Waals surface area contributed by atoms with Crippen molar-refractivity contribution in [3.63, 3.8) is 0 Å². The lowest BCUT2D eigenvalue weighted by molar-refractivity contribution is 0.398. The Balaban J connectivity index is 2.38. The number of hydrogen-bond donors (Lipinski definition) is 2. The molecule has 1 aromatic heterocycles. The van der Waals surface area contributed by atoms with Crippen molar-refractivity contribution in [3.05, 3.63) is 41.5 Å². The Morgan fingerprint density at radius 2 is 2.11 bits per heavy atom. The fourth-order valence-electron chi connectivity index (χ4n) is 1.62. The van der Waals surface area contributed by atoms with Crippen molar-refractivity contribution in [2.75, 3.05) is 18.2 Å². The van der Waals surface area contributed by atoms with Gasteiger partial charge in [-0.2, -0.15) is 10.2 Å². The number of methoxy groups -OCH3 is 1. The fraction of sp³-hybridized carbons (Fsp3) is 0.143. The molecule has 0 radical (unpaired) electrons. The van der Waals surface area contributed by atoms with Crippen molar-refractivity contribution >= 4 is 17.2 Å². The molecule has 0 saturated heterocycles. The summed E-state index contributed by atoms with van der Waals surface area (Å²) in [5.74, 6) is 0.989. The molecule has 96 valence electrons. The molecule has 19 heavy (non-hydrogen) atoms. The Morgan fingerprint density at radius 1 is 1.32 bits per heavy atom. The van der Waals surface area contributed by atoms with Crippen LogP contribution in [0.15, 0.2) is 30.3 Å². The number of nitriles is 1. The van der Waals surface area contributed by atoms with E-state index in [0.717, 1.165) is 11.3 Å². The van der Waals surface area contributed by atoms with Crippen LogP contribution in [0, 0.1) is 18.3 Å². The number of pyridine rings is 1. The van der Waals surface area contributed by atoms with E-state index in [9.17, 15) is 0 Å². The average molecular weight is 254 g/mol. The molecule has 0 aliphatic carbocycles. The Kier molecular flexibility index (Phi) is 3.53. The molecule has 0 spiro atoms. The second-order valence-electron chi connectivity index (χ2n) is 4.06. The van der Waals surface area contributed by atoms with Gasteiger partial charge >= 0.3 is 0 Å². The Bertz CT molecular complexity index is 646. The highest BCUT2D eigenvalue weighted by Gasteiger charge is 2.06. The summed E-state index contributed by atoms with van der Waals surface area (Å²) in [6.07, 6.45) is 0. The highest BCUT2D eigenvalue weighted by molar-refractivity contribution is 5.71. The number of nitrogens with two attached hydrogens (primary N) is 1. The number of anilines is 3. The van der Waals surface area contributed by atoms with E-state index in [1.54, 1.807) is 31.4 Å². The second kappa shape index (κ2) is 5.27. The lowest BCUT2D eigenvalue weighted by atomic mass is 10.1. The van der Waals surface area contributed by atoms with Gasteiger partial charge in [0.05, 0.1) is 24.4 Å². The van der Waals surface area contributed by atoms with Crippen LogP contribution in [0.4, 0.5) is 17.2 Å². The predicted molar refractivity (Wildman–Crippen MR) is 74.4 cm³/mol. The van der Waals surface area contributed by atoms with Gasteiger partial charge in [-0.25, -0.2) is 0 Å². The summed E-state index contributed by atoms with van der Waals surface area (Å²) < 4.78 is 5.06. The second-order valence-corrected chi connectivity index (χ2v) is 4.06. The number of hydrogen-bond acceptors (Lipinski definition) is 5. The zero-order valence-corrected chi connectivity index (χ0v) is 10.8. The summed E-state index contributed by atoms with van der Waals surface area (Å²) in [5, 5.41) is 12.0. The highest BCUT2D eigenvalue weighted by Crippen LogP contribution is 2.26. The minimum absolute atomic E-state index is 0.478. The first-order valence-corrected chi connectivity index (χ1v) is 5.72. The Labute approximate surface area is 111 Å². The van der Waals surface area contributed by atoms with E-state index in [4.69, 9.17) is 15.7 Å². The molecule has 0 saturated carbocycles. The number of nitrogens with one attached hydrogen (secondary N) is 1. The normalized spacial score (nSPS) is 9.74. The topological polar surface area (TPSA) is 84.0 Å². The highest BCUT2D eigenvalue weighted by atomic mass is 16.5. The summed E-state index contributed by atoms with van der Waals surface area (Å²) in [6, 6.07) is 10.9. The largest absolute Gasteiger partial charge is 0.481 e. The number of aryl methyl sites for hydroxylation is 1. The molecule has 0 aliphatic heterocycles. The monoisotopic (exact) mass is 254 g/mol. The molecule has 0 atom stereocenters. The minimum atomic E-state index is 0.478. The van der Waals surface area contributed by atoms with Gasteiger partial charge in [0, 0.05) is 11.8 Å². The average Bonchev–Trinajstić information content (AvgIpc) is 2.43. The summed E-state index contributed by atoms with van der Waals surface area (Å²) in [7, 11) is 1.55. The van der Waals surface area contributed by atoms with Crippen LogP contribution in [0.25, 0.3) is 0 Å². The van der Waals surface area contributed by atoms with E-state index in [-0.39, 0.29) is 0 Å².